The van der Waals surface area contributed by atoms with Crippen LogP contribution >= 0.6 is 0 Å². The van der Waals surface area contributed by atoms with E-state index in [4.69, 9.17) is 10.5 Å². The maximum atomic E-state index is 12.1. The number of nitrogens with one attached hydrogen (secondary N) is 1. The Morgan fingerprint density at radius 2 is 1.95 bits per heavy atom. The monoisotopic (exact) mass is 284 g/mol. The van der Waals surface area contributed by atoms with Gasteiger partial charge in [0, 0.05) is 13.1 Å². The topological polar surface area (TPSA) is 81.4 Å². The molecule has 0 aliphatic heterocycles. The second kappa shape index (κ2) is 5.48. The van der Waals surface area contributed by atoms with E-state index in [1.807, 2.05) is 0 Å². The smallest absolute Gasteiger partial charge is 0.240 e. The summed E-state index contributed by atoms with van der Waals surface area (Å²) in [4.78, 5) is 0.261. The van der Waals surface area contributed by atoms with E-state index in [-0.39, 0.29) is 10.3 Å². The van der Waals surface area contributed by atoms with Crippen LogP contribution in [0.5, 0.6) is 5.75 Å². The summed E-state index contributed by atoms with van der Waals surface area (Å²) in [5, 5.41) is 0. The van der Waals surface area contributed by atoms with Gasteiger partial charge in [-0.05, 0) is 42.5 Å². The standard InChI is InChI=1S/C13H20N2O3S/c1-13(6-7-13)10-15-19(16,17)12-4-2-11(3-5-12)18-9-8-14/h2-5,15H,6-10,14H2,1H3. The average Bonchev–Trinajstić information content (AvgIpc) is 3.13. The molecule has 6 heteroatoms. The van der Waals surface area contributed by atoms with Gasteiger partial charge in [0.2, 0.25) is 10.0 Å². The van der Waals surface area contributed by atoms with Gasteiger partial charge in [0.1, 0.15) is 12.4 Å². The van der Waals surface area contributed by atoms with Crippen molar-refractivity contribution in [2.75, 3.05) is 19.7 Å². The molecule has 1 aliphatic carbocycles. The summed E-state index contributed by atoms with van der Waals surface area (Å²) in [6.07, 6.45) is 2.17. The number of hydrogen-bond acceptors (Lipinski definition) is 4. The second-order valence-corrected chi connectivity index (χ2v) is 7.01. The Hall–Kier alpha value is -1.11. The summed E-state index contributed by atoms with van der Waals surface area (Å²) in [6, 6.07) is 6.37. The SMILES string of the molecule is CC1(CNS(=O)(=O)c2ccc(OCCN)cc2)CC1. The summed E-state index contributed by atoms with van der Waals surface area (Å²) < 4.78 is 32.1. The van der Waals surface area contributed by atoms with Gasteiger partial charge in [0.05, 0.1) is 4.90 Å². The van der Waals surface area contributed by atoms with Crippen molar-refractivity contribution in [1.82, 2.24) is 4.72 Å². The van der Waals surface area contributed by atoms with Gasteiger partial charge < -0.3 is 10.5 Å². The number of benzene rings is 1. The molecule has 0 aromatic heterocycles. The summed E-state index contributed by atoms with van der Waals surface area (Å²) in [5.74, 6) is 0.624. The fourth-order valence-corrected chi connectivity index (χ4v) is 2.83. The summed E-state index contributed by atoms with van der Waals surface area (Å²) >= 11 is 0. The first kappa shape index (κ1) is 14.3. The van der Waals surface area contributed by atoms with Crippen molar-refractivity contribution in [2.24, 2.45) is 11.1 Å². The first-order valence-electron chi connectivity index (χ1n) is 6.38. The Labute approximate surface area is 114 Å². The maximum Gasteiger partial charge on any atom is 0.240 e. The van der Waals surface area contributed by atoms with E-state index in [0.717, 1.165) is 12.8 Å². The number of ether oxygens (including phenoxy) is 1. The molecule has 0 spiro atoms. The van der Waals surface area contributed by atoms with Crippen molar-refractivity contribution in [3.05, 3.63) is 24.3 Å². The molecule has 1 fully saturated rings. The van der Waals surface area contributed by atoms with Crippen molar-refractivity contribution < 1.29 is 13.2 Å². The Morgan fingerprint density at radius 1 is 1.32 bits per heavy atom. The van der Waals surface area contributed by atoms with Crippen LogP contribution < -0.4 is 15.2 Å². The summed E-state index contributed by atoms with van der Waals surface area (Å²) in [7, 11) is -3.42. The minimum absolute atomic E-state index is 0.150. The van der Waals surface area contributed by atoms with E-state index in [1.165, 1.54) is 0 Å². The number of nitrogens with two attached hydrogens (primary N) is 1. The van der Waals surface area contributed by atoms with Gasteiger partial charge in [-0.1, -0.05) is 6.92 Å². The lowest BCUT2D eigenvalue weighted by atomic mass is 10.2. The second-order valence-electron chi connectivity index (χ2n) is 5.24. The van der Waals surface area contributed by atoms with Crippen molar-refractivity contribution in [2.45, 2.75) is 24.7 Å². The first-order chi connectivity index (χ1) is 8.95. The Balaban J connectivity index is 1.99. The van der Waals surface area contributed by atoms with E-state index >= 15 is 0 Å². The third-order valence-electron chi connectivity index (χ3n) is 3.31. The number of rotatable bonds is 7. The maximum absolute atomic E-state index is 12.1. The van der Waals surface area contributed by atoms with Crippen molar-refractivity contribution >= 4 is 10.0 Å². The van der Waals surface area contributed by atoms with Crippen molar-refractivity contribution in [3.8, 4) is 5.75 Å². The van der Waals surface area contributed by atoms with Gasteiger partial charge in [0.15, 0.2) is 0 Å². The molecule has 0 heterocycles. The van der Waals surface area contributed by atoms with Crippen LogP contribution in [-0.4, -0.2) is 28.1 Å². The molecule has 2 rings (SSSR count). The van der Waals surface area contributed by atoms with Crippen LogP contribution in [0.1, 0.15) is 19.8 Å². The predicted molar refractivity (Wildman–Crippen MR) is 73.5 cm³/mol. The Kier molecular flexibility index (Phi) is 4.13. The van der Waals surface area contributed by atoms with E-state index in [2.05, 4.69) is 11.6 Å². The lowest BCUT2D eigenvalue weighted by Gasteiger charge is -2.11. The number of sulfonamides is 1. The van der Waals surface area contributed by atoms with Gasteiger partial charge in [-0.25, -0.2) is 13.1 Å². The molecular weight excluding hydrogens is 264 g/mol. The highest BCUT2D eigenvalue weighted by Gasteiger charge is 2.38. The third-order valence-corrected chi connectivity index (χ3v) is 4.73. The minimum atomic E-state index is -3.42. The zero-order valence-electron chi connectivity index (χ0n) is 11.1. The minimum Gasteiger partial charge on any atom is -0.492 e. The molecule has 0 radical (unpaired) electrons. The lowest BCUT2D eigenvalue weighted by Crippen LogP contribution is -2.29. The first-order valence-corrected chi connectivity index (χ1v) is 7.86. The highest BCUT2D eigenvalue weighted by molar-refractivity contribution is 7.89. The Bertz CT molecular complexity index is 521. The van der Waals surface area contributed by atoms with E-state index in [9.17, 15) is 8.42 Å². The highest BCUT2D eigenvalue weighted by Crippen LogP contribution is 2.44. The Morgan fingerprint density at radius 3 is 2.47 bits per heavy atom. The number of hydrogen-bond donors (Lipinski definition) is 2. The largest absolute Gasteiger partial charge is 0.492 e. The fourth-order valence-electron chi connectivity index (χ4n) is 1.63. The van der Waals surface area contributed by atoms with E-state index in [0.29, 0.717) is 25.4 Å². The molecule has 1 aromatic carbocycles. The molecule has 1 aromatic rings. The molecule has 0 bridgehead atoms. The van der Waals surface area contributed by atoms with E-state index < -0.39 is 10.0 Å². The summed E-state index contributed by atoms with van der Waals surface area (Å²) in [6.45, 7) is 3.43. The molecule has 0 atom stereocenters. The van der Waals surface area contributed by atoms with Crippen molar-refractivity contribution in [1.29, 1.82) is 0 Å². The zero-order chi connectivity index (χ0) is 13.9. The van der Waals surface area contributed by atoms with Gasteiger partial charge in [0.25, 0.3) is 0 Å². The normalized spacial score (nSPS) is 17.2. The molecule has 19 heavy (non-hydrogen) atoms. The quantitative estimate of drug-likeness (QED) is 0.785. The average molecular weight is 284 g/mol. The third kappa shape index (κ3) is 3.92. The van der Waals surface area contributed by atoms with Crippen LogP contribution in [0, 0.1) is 5.41 Å². The van der Waals surface area contributed by atoms with Crippen LogP contribution in [0.25, 0.3) is 0 Å². The van der Waals surface area contributed by atoms with Crippen LogP contribution in [0.15, 0.2) is 29.2 Å². The lowest BCUT2D eigenvalue weighted by molar-refractivity contribution is 0.328. The molecule has 106 valence electrons. The molecule has 0 unspecified atom stereocenters. The van der Waals surface area contributed by atoms with Crippen LogP contribution in [-0.2, 0) is 10.0 Å². The molecule has 1 aliphatic rings. The van der Waals surface area contributed by atoms with Crippen LogP contribution in [0.3, 0.4) is 0 Å². The zero-order valence-corrected chi connectivity index (χ0v) is 11.9. The van der Waals surface area contributed by atoms with Crippen molar-refractivity contribution in [3.63, 3.8) is 0 Å². The van der Waals surface area contributed by atoms with Gasteiger partial charge in [-0.3, -0.25) is 0 Å². The fraction of sp³-hybridized carbons (Fsp3) is 0.538. The predicted octanol–water partition coefficient (Wildman–Crippen LogP) is 1.10. The molecule has 3 N–H and O–H groups in total. The molecule has 0 saturated heterocycles. The van der Waals surface area contributed by atoms with Gasteiger partial charge in [-0.2, -0.15) is 0 Å². The molecule has 5 nitrogen and oxygen atoms in total. The highest BCUT2D eigenvalue weighted by atomic mass is 32.2. The molecular formula is C13H20N2O3S. The summed E-state index contributed by atoms with van der Waals surface area (Å²) in [5.41, 5.74) is 5.48. The van der Waals surface area contributed by atoms with Gasteiger partial charge >= 0.3 is 0 Å². The van der Waals surface area contributed by atoms with Crippen LogP contribution in [0.2, 0.25) is 0 Å². The van der Waals surface area contributed by atoms with Crippen LogP contribution in [0.4, 0.5) is 0 Å². The van der Waals surface area contributed by atoms with Gasteiger partial charge in [-0.15, -0.1) is 0 Å². The molecule has 1 saturated carbocycles. The van der Waals surface area contributed by atoms with E-state index in [1.54, 1.807) is 24.3 Å². The molecule has 0 amide bonds.